The first-order valence-electron chi connectivity index (χ1n) is 11.5. The zero-order valence-corrected chi connectivity index (χ0v) is 18.7. The van der Waals surface area contributed by atoms with Gasteiger partial charge in [0.25, 0.3) is 0 Å². The van der Waals surface area contributed by atoms with Crippen molar-refractivity contribution in [3.05, 3.63) is 109 Å². The van der Waals surface area contributed by atoms with Gasteiger partial charge in [0.05, 0.1) is 16.7 Å². The van der Waals surface area contributed by atoms with E-state index in [0.717, 1.165) is 33.8 Å². The second-order valence-corrected chi connectivity index (χ2v) is 8.74. The second-order valence-electron chi connectivity index (χ2n) is 8.74. The number of benzene rings is 5. The molecule has 2 aromatic heterocycles. The van der Waals surface area contributed by atoms with Gasteiger partial charge in [-0.15, -0.1) is 0 Å². The lowest BCUT2D eigenvalue weighted by molar-refractivity contribution is 0.951. The summed E-state index contributed by atoms with van der Waals surface area (Å²) in [6, 6.07) is 38.4. The van der Waals surface area contributed by atoms with Crippen LogP contribution in [0.3, 0.4) is 0 Å². The van der Waals surface area contributed by atoms with Crippen molar-refractivity contribution in [1.29, 1.82) is 0 Å². The molecule has 0 bridgehead atoms. The third-order valence-corrected chi connectivity index (χ3v) is 6.81. The Bertz CT molecular complexity index is 1840. The van der Waals surface area contributed by atoms with Crippen LogP contribution in [0.2, 0.25) is 0 Å². The topological polar surface area (TPSA) is 30.7 Å². The highest BCUT2D eigenvalue weighted by atomic mass is 15.1. The summed E-state index contributed by atoms with van der Waals surface area (Å²) >= 11 is 0. The van der Waals surface area contributed by atoms with Gasteiger partial charge in [0.2, 0.25) is 0 Å². The summed E-state index contributed by atoms with van der Waals surface area (Å²) in [6.45, 7) is 0. The molecule has 0 radical (unpaired) electrons. The molecule has 0 saturated carbocycles. The number of hydrogen-bond donors (Lipinski definition) is 0. The zero-order chi connectivity index (χ0) is 22.6. The highest BCUT2D eigenvalue weighted by molar-refractivity contribution is 6.25. The molecule has 7 rings (SSSR count). The molecule has 0 N–H and O–H groups in total. The molecule has 0 unspecified atom stereocenters. The van der Waals surface area contributed by atoms with Crippen LogP contribution in [0.5, 0.6) is 0 Å². The van der Waals surface area contributed by atoms with E-state index in [4.69, 9.17) is 9.97 Å². The molecule has 34 heavy (non-hydrogen) atoms. The minimum absolute atomic E-state index is 0.875. The van der Waals surface area contributed by atoms with Crippen molar-refractivity contribution in [3.8, 4) is 22.8 Å². The summed E-state index contributed by atoms with van der Waals surface area (Å²) in [5, 5.41) is 7.64. The van der Waals surface area contributed by atoms with Crippen LogP contribution in [0.15, 0.2) is 109 Å². The molecular weight excluding hydrogens is 414 g/mol. The molecule has 0 atom stereocenters. The van der Waals surface area contributed by atoms with E-state index < -0.39 is 0 Å². The summed E-state index contributed by atoms with van der Waals surface area (Å²) < 4.78 is 2.11. The summed E-state index contributed by atoms with van der Waals surface area (Å²) in [5.41, 5.74) is 5.02. The Kier molecular flexibility index (Phi) is 4.06. The predicted molar refractivity (Wildman–Crippen MR) is 142 cm³/mol. The maximum Gasteiger partial charge on any atom is 0.159 e. The Morgan fingerprint density at radius 1 is 0.500 bits per heavy atom. The van der Waals surface area contributed by atoms with Crippen molar-refractivity contribution < 1.29 is 0 Å². The van der Waals surface area contributed by atoms with Crippen molar-refractivity contribution in [3.63, 3.8) is 0 Å². The molecule has 5 aromatic carbocycles. The van der Waals surface area contributed by atoms with Gasteiger partial charge in [-0.25, -0.2) is 9.97 Å². The van der Waals surface area contributed by atoms with Gasteiger partial charge in [-0.05, 0) is 62.6 Å². The van der Waals surface area contributed by atoms with Gasteiger partial charge in [0, 0.05) is 12.6 Å². The summed E-state index contributed by atoms with van der Waals surface area (Å²) in [5.74, 6) is 0.875. The fraction of sp³-hybridized carbons (Fsp3) is 0.0323. The molecule has 0 aliphatic carbocycles. The number of rotatable bonds is 2. The Morgan fingerprint density at radius 2 is 1.09 bits per heavy atom. The van der Waals surface area contributed by atoms with Crippen molar-refractivity contribution in [2.45, 2.75) is 0 Å². The zero-order valence-electron chi connectivity index (χ0n) is 18.7. The van der Waals surface area contributed by atoms with Gasteiger partial charge < -0.3 is 4.57 Å². The molecule has 7 aromatic rings. The van der Waals surface area contributed by atoms with Crippen LogP contribution in [-0.4, -0.2) is 14.5 Å². The molecule has 3 heteroatoms. The predicted octanol–water partition coefficient (Wildman–Crippen LogP) is 7.76. The normalized spacial score (nSPS) is 11.7. The van der Waals surface area contributed by atoms with Crippen LogP contribution >= 0.6 is 0 Å². The monoisotopic (exact) mass is 435 g/mol. The molecule has 3 nitrogen and oxygen atoms in total. The molecule has 160 valence electrons. The number of fused-ring (bicyclic) bond motifs is 7. The average molecular weight is 436 g/mol. The third kappa shape index (κ3) is 2.77. The van der Waals surface area contributed by atoms with Gasteiger partial charge in [0.1, 0.15) is 5.69 Å². The maximum absolute atomic E-state index is 5.04. The minimum atomic E-state index is 0.875. The van der Waals surface area contributed by atoms with Gasteiger partial charge in [-0.1, -0.05) is 78.9 Å². The van der Waals surface area contributed by atoms with Crippen LogP contribution in [0.1, 0.15) is 0 Å². The molecule has 0 saturated heterocycles. The highest BCUT2D eigenvalue weighted by Gasteiger charge is 2.13. The lowest BCUT2D eigenvalue weighted by Gasteiger charge is -2.12. The molecular formula is C31H21N3. The fourth-order valence-electron chi connectivity index (χ4n) is 5.16. The van der Waals surface area contributed by atoms with Gasteiger partial charge >= 0.3 is 0 Å². The number of imidazole rings is 1. The van der Waals surface area contributed by atoms with E-state index in [1.165, 1.54) is 32.3 Å². The third-order valence-electron chi connectivity index (χ3n) is 6.81. The van der Waals surface area contributed by atoms with E-state index in [9.17, 15) is 0 Å². The molecule has 0 fully saturated rings. The molecule has 0 amide bonds. The SMILES string of the molecule is Cn1c(-c2cccc(-c3ccc4c5ccccc5c5ccccc5c4c3)n2)nc2ccccc21. The molecule has 0 spiro atoms. The van der Waals surface area contributed by atoms with E-state index in [2.05, 4.69) is 89.5 Å². The van der Waals surface area contributed by atoms with E-state index in [1.54, 1.807) is 0 Å². The summed E-state index contributed by atoms with van der Waals surface area (Å²) in [6.07, 6.45) is 0. The number of para-hydroxylation sites is 2. The van der Waals surface area contributed by atoms with Crippen LogP contribution < -0.4 is 0 Å². The lowest BCUT2D eigenvalue weighted by Crippen LogP contribution is -1.96. The van der Waals surface area contributed by atoms with E-state index in [0.29, 0.717) is 0 Å². The number of aromatic nitrogens is 3. The van der Waals surface area contributed by atoms with Crippen molar-refractivity contribution in [2.24, 2.45) is 7.05 Å². The quantitative estimate of drug-likeness (QED) is 0.260. The summed E-state index contributed by atoms with van der Waals surface area (Å²) in [4.78, 5) is 9.88. The Labute approximate surface area is 196 Å². The molecule has 0 aliphatic heterocycles. The maximum atomic E-state index is 5.04. The van der Waals surface area contributed by atoms with E-state index in [-0.39, 0.29) is 0 Å². The average Bonchev–Trinajstić information content (AvgIpc) is 3.25. The van der Waals surface area contributed by atoms with Crippen LogP contribution in [0.25, 0.3) is 66.1 Å². The van der Waals surface area contributed by atoms with Crippen LogP contribution in [-0.2, 0) is 7.05 Å². The first kappa shape index (κ1) is 19.0. The highest BCUT2D eigenvalue weighted by Crippen LogP contribution is 2.37. The van der Waals surface area contributed by atoms with Crippen LogP contribution in [0.4, 0.5) is 0 Å². The van der Waals surface area contributed by atoms with Gasteiger partial charge in [-0.3, -0.25) is 0 Å². The van der Waals surface area contributed by atoms with E-state index >= 15 is 0 Å². The standard InChI is InChI=1S/C31H21N3/c1-34-30-16-7-6-13-28(30)33-31(34)29-15-8-14-27(32-29)20-17-18-25-23-11-3-2-9-21(23)22-10-4-5-12-24(22)26(25)19-20/h2-19H,1H3. The largest absolute Gasteiger partial charge is 0.326 e. The number of hydrogen-bond acceptors (Lipinski definition) is 2. The molecule has 0 aliphatic rings. The van der Waals surface area contributed by atoms with Crippen molar-refractivity contribution in [1.82, 2.24) is 14.5 Å². The molecule has 2 heterocycles. The lowest BCUT2D eigenvalue weighted by atomic mass is 9.93. The summed E-state index contributed by atoms with van der Waals surface area (Å²) in [7, 11) is 2.05. The Morgan fingerprint density at radius 3 is 1.79 bits per heavy atom. The number of aryl methyl sites for hydroxylation is 1. The second kappa shape index (κ2) is 7.26. The smallest absolute Gasteiger partial charge is 0.159 e. The van der Waals surface area contributed by atoms with Crippen molar-refractivity contribution in [2.75, 3.05) is 0 Å². The minimum Gasteiger partial charge on any atom is -0.326 e. The van der Waals surface area contributed by atoms with Gasteiger partial charge in [-0.2, -0.15) is 0 Å². The Hall–Kier alpha value is -4.50. The number of pyridine rings is 1. The first-order chi connectivity index (χ1) is 16.8. The van der Waals surface area contributed by atoms with E-state index in [1.807, 2.05) is 31.3 Å². The van der Waals surface area contributed by atoms with Crippen LogP contribution in [0, 0.1) is 0 Å². The van der Waals surface area contributed by atoms with Crippen molar-refractivity contribution >= 4 is 43.4 Å². The van der Waals surface area contributed by atoms with Gasteiger partial charge in [0.15, 0.2) is 5.82 Å². The number of nitrogens with zero attached hydrogens (tertiary/aromatic N) is 3. The fourth-order valence-corrected chi connectivity index (χ4v) is 5.16. The Balaban J connectivity index is 1.45. The first-order valence-corrected chi connectivity index (χ1v) is 11.5.